The molecule has 2 aromatic carbocycles. The van der Waals surface area contributed by atoms with E-state index in [9.17, 15) is 9.59 Å². The molecule has 1 atom stereocenters. The summed E-state index contributed by atoms with van der Waals surface area (Å²) < 4.78 is 5.81. The van der Waals surface area contributed by atoms with Crippen molar-refractivity contribution in [3.05, 3.63) is 64.2 Å². The third kappa shape index (κ3) is 6.23. The van der Waals surface area contributed by atoms with Gasteiger partial charge in [0.2, 0.25) is 5.91 Å². The number of nitrogens with one attached hydrogen (secondary N) is 1. The minimum atomic E-state index is -0.632. The minimum Gasteiger partial charge on any atom is -0.483 e. The van der Waals surface area contributed by atoms with E-state index >= 15 is 0 Å². The van der Waals surface area contributed by atoms with Crippen LogP contribution in [0.1, 0.15) is 49.3 Å². The molecule has 6 heteroatoms. The van der Waals surface area contributed by atoms with Crippen molar-refractivity contribution in [3.63, 3.8) is 0 Å². The van der Waals surface area contributed by atoms with Crippen LogP contribution < -0.4 is 10.1 Å². The third-order valence-corrected chi connectivity index (χ3v) is 6.22. The predicted molar refractivity (Wildman–Crippen MR) is 123 cm³/mol. The summed E-state index contributed by atoms with van der Waals surface area (Å²) in [4.78, 5) is 27.6. The normalized spacial score (nSPS) is 14.8. The quantitative estimate of drug-likeness (QED) is 0.638. The number of carbonyl (C=O) groups excluding carboxylic acids is 2. The van der Waals surface area contributed by atoms with Gasteiger partial charge in [0.15, 0.2) is 6.61 Å². The van der Waals surface area contributed by atoms with Crippen LogP contribution in [0.2, 0.25) is 5.02 Å². The standard InChI is InChI=1S/C25H31ClN2O3/c1-17-12-13-23(18(2)14-17)31-16-24(29)28(15-20-8-4-7-11-22(20)26)19(3)25(30)27-21-9-5-6-10-21/h4,7-8,11-14,19,21H,5-6,9-10,15-16H2,1-3H3,(H,27,30). The molecule has 3 rings (SSSR count). The van der Waals surface area contributed by atoms with Crippen LogP contribution in [0.4, 0.5) is 0 Å². The summed E-state index contributed by atoms with van der Waals surface area (Å²) in [6, 6.07) is 12.8. The Morgan fingerprint density at radius 1 is 1.16 bits per heavy atom. The average Bonchev–Trinajstić information content (AvgIpc) is 3.25. The van der Waals surface area contributed by atoms with Gasteiger partial charge >= 0.3 is 0 Å². The molecule has 0 saturated heterocycles. The number of amides is 2. The molecule has 2 aromatic rings. The van der Waals surface area contributed by atoms with Crippen molar-refractivity contribution in [3.8, 4) is 5.75 Å². The molecule has 1 fully saturated rings. The van der Waals surface area contributed by atoms with Gasteiger partial charge in [0, 0.05) is 17.6 Å². The van der Waals surface area contributed by atoms with Crippen LogP contribution in [0.15, 0.2) is 42.5 Å². The Kier molecular flexibility index (Phi) is 7.97. The largest absolute Gasteiger partial charge is 0.483 e. The zero-order valence-corrected chi connectivity index (χ0v) is 19.2. The zero-order chi connectivity index (χ0) is 22.4. The summed E-state index contributed by atoms with van der Waals surface area (Å²) >= 11 is 6.33. The number of aryl methyl sites for hydroxylation is 2. The topological polar surface area (TPSA) is 58.6 Å². The molecule has 0 aromatic heterocycles. The van der Waals surface area contributed by atoms with Crippen LogP contribution in [-0.2, 0) is 16.1 Å². The fraction of sp³-hybridized carbons (Fsp3) is 0.440. The second-order valence-electron chi connectivity index (χ2n) is 8.34. The van der Waals surface area contributed by atoms with Crippen molar-refractivity contribution in [1.82, 2.24) is 10.2 Å². The predicted octanol–water partition coefficient (Wildman–Crippen LogP) is 4.81. The van der Waals surface area contributed by atoms with Crippen molar-refractivity contribution in [1.29, 1.82) is 0 Å². The maximum atomic E-state index is 13.2. The molecule has 0 heterocycles. The van der Waals surface area contributed by atoms with E-state index in [1.165, 1.54) is 0 Å². The van der Waals surface area contributed by atoms with Crippen LogP contribution >= 0.6 is 11.6 Å². The number of carbonyl (C=O) groups is 2. The van der Waals surface area contributed by atoms with Gasteiger partial charge in [0.25, 0.3) is 5.91 Å². The highest BCUT2D eigenvalue weighted by molar-refractivity contribution is 6.31. The summed E-state index contributed by atoms with van der Waals surface area (Å²) in [5.74, 6) is 0.271. The fourth-order valence-corrected chi connectivity index (χ4v) is 4.16. The van der Waals surface area contributed by atoms with Crippen LogP contribution in [0.3, 0.4) is 0 Å². The Bertz CT molecular complexity index is 925. The summed E-state index contributed by atoms with van der Waals surface area (Å²) in [6.07, 6.45) is 4.25. The van der Waals surface area contributed by atoms with E-state index in [4.69, 9.17) is 16.3 Å². The van der Waals surface area contributed by atoms with E-state index in [2.05, 4.69) is 5.32 Å². The smallest absolute Gasteiger partial charge is 0.261 e. The Morgan fingerprint density at radius 3 is 2.55 bits per heavy atom. The Hall–Kier alpha value is -2.53. The van der Waals surface area contributed by atoms with E-state index in [1.54, 1.807) is 17.9 Å². The monoisotopic (exact) mass is 442 g/mol. The molecule has 5 nitrogen and oxygen atoms in total. The molecule has 1 aliphatic carbocycles. The van der Waals surface area contributed by atoms with Gasteiger partial charge in [-0.25, -0.2) is 0 Å². The first-order valence-electron chi connectivity index (χ1n) is 10.9. The SMILES string of the molecule is Cc1ccc(OCC(=O)N(Cc2ccccc2Cl)C(C)C(=O)NC2CCCC2)c(C)c1. The van der Waals surface area contributed by atoms with Gasteiger partial charge in [-0.3, -0.25) is 9.59 Å². The molecular formula is C25H31ClN2O3. The first-order valence-corrected chi connectivity index (χ1v) is 11.3. The maximum absolute atomic E-state index is 13.2. The van der Waals surface area contributed by atoms with Crippen molar-refractivity contribution < 1.29 is 14.3 Å². The Morgan fingerprint density at radius 2 is 1.87 bits per heavy atom. The van der Waals surface area contributed by atoms with Crippen molar-refractivity contribution >= 4 is 23.4 Å². The number of nitrogens with zero attached hydrogens (tertiary/aromatic N) is 1. The van der Waals surface area contributed by atoms with Gasteiger partial charge in [-0.2, -0.15) is 0 Å². The first kappa shape index (κ1) is 23.1. The summed E-state index contributed by atoms with van der Waals surface area (Å²) in [5, 5.41) is 3.67. The lowest BCUT2D eigenvalue weighted by Gasteiger charge is -2.30. The number of hydrogen-bond acceptors (Lipinski definition) is 3. The molecule has 0 radical (unpaired) electrons. The number of rotatable bonds is 8. The molecule has 1 unspecified atom stereocenters. The van der Waals surface area contributed by atoms with Gasteiger partial charge < -0.3 is 15.0 Å². The lowest BCUT2D eigenvalue weighted by atomic mass is 10.1. The van der Waals surface area contributed by atoms with Crippen LogP contribution in [0.25, 0.3) is 0 Å². The maximum Gasteiger partial charge on any atom is 0.261 e. The van der Waals surface area contributed by atoms with Crippen molar-refractivity contribution in [2.75, 3.05) is 6.61 Å². The third-order valence-electron chi connectivity index (χ3n) is 5.85. The molecule has 2 amide bonds. The molecule has 0 bridgehead atoms. The highest BCUT2D eigenvalue weighted by atomic mass is 35.5. The highest BCUT2D eigenvalue weighted by Crippen LogP contribution is 2.22. The van der Waals surface area contributed by atoms with E-state index in [-0.39, 0.29) is 31.0 Å². The van der Waals surface area contributed by atoms with Gasteiger partial charge in [-0.15, -0.1) is 0 Å². The molecule has 166 valence electrons. The number of benzene rings is 2. The minimum absolute atomic E-state index is 0.140. The Labute approximate surface area is 189 Å². The number of ether oxygens (including phenoxy) is 1. The van der Waals surface area contributed by atoms with E-state index in [0.29, 0.717) is 10.8 Å². The molecule has 1 saturated carbocycles. The van der Waals surface area contributed by atoms with Gasteiger partial charge in [-0.05, 0) is 56.9 Å². The van der Waals surface area contributed by atoms with Gasteiger partial charge in [-0.1, -0.05) is 60.3 Å². The molecule has 31 heavy (non-hydrogen) atoms. The van der Waals surface area contributed by atoms with E-state index < -0.39 is 6.04 Å². The number of hydrogen-bond donors (Lipinski definition) is 1. The molecule has 1 aliphatic rings. The fourth-order valence-electron chi connectivity index (χ4n) is 3.97. The van der Waals surface area contributed by atoms with Crippen LogP contribution in [0, 0.1) is 13.8 Å². The summed E-state index contributed by atoms with van der Waals surface area (Å²) in [6.45, 7) is 5.82. The van der Waals surface area contributed by atoms with Crippen LogP contribution in [-0.4, -0.2) is 35.4 Å². The lowest BCUT2D eigenvalue weighted by Crippen LogP contribution is -2.50. The summed E-state index contributed by atoms with van der Waals surface area (Å²) in [7, 11) is 0. The van der Waals surface area contributed by atoms with Gasteiger partial charge in [0.1, 0.15) is 11.8 Å². The second-order valence-corrected chi connectivity index (χ2v) is 8.74. The molecule has 1 N–H and O–H groups in total. The lowest BCUT2D eigenvalue weighted by molar-refractivity contribution is -0.142. The van der Waals surface area contributed by atoms with Gasteiger partial charge in [0.05, 0.1) is 0 Å². The zero-order valence-electron chi connectivity index (χ0n) is 18.5. The molecule has 0 spiro atoms. The van der Waals surface area contributed by atoms with E-state index in [1.807, 2.05) is 50.2 Å². The molecule has 0 aliphatic heterocycles. The first-order chi connectivity index (χ1) is 14.8. The number of halogens is 1. The van der Waals surface area contributed by atoms with E-state index in [0.717, 1.165) is 42.4 Å². The highest BCUT2D eigenvalue weighted by Gasteiger charge is 2.29. The van der Waals surface area contributed by atoms with Crippen molar-refractivity contribution in [2.45, 2.75) is 65.1 Å². The molecular weight excluding hydrogens is 412 g/mol. The summed E-state index contributed by atoms with van der Waals surface area (Å²) in [5.41, 5.74) is 2.90. The Balaban J connectivity index is 1.74. The van der Waals surface area contributed by atoms with Crippen molar-refractivity contribution in [2.24, 2.45) is 0 Å². The average molecular weight is 443 g/mol. The van der Waals surface area contributed by atoms with Crippen LogP contribution in [0.5, 0.6) is 5.75 Å². The second kappa shape index (κ2) is 10.7.